The zero-order valence-electron chi connectivity index (χ0n) is 19.1. The molecule has 1 aliphatic carbocycles. The highest BCUT2D eigenvalue weighted by Gasteiger charge is 2.26. The van der Waals surface area contributed by atoms with Crippen LogP contribution in [0.3, 0.4) is 0 Å². The predicted octanol–water partition coefficient (Wildman–Crippen LogP) is 2.92. The highest BCUT2D eigenvalue weighted by atomic mass is 16.3. The van der Waals surface area contributed by atoms with Crippen molar-refractivity contribution in [2.75, 3.05) is 25.0 Å². The first-order valence-electron chi connectivity index (χ1n) is 11.5. The van der Waals surface area contributed by atoms with Crippen molar-refractivity contribution in [1.29, 1.82) is 0 Å². The molecule has 2 aliphatic rings. The standard InChI is InChI=1S/C26H32N6O/c1-3-26(33)28-22-9-7-8-20(15-22)23-16-21(23)13-19(17-32-10-5-4-6-11-32)14-24(27)29-25-12-18(2)30-31-25/h3,7-9,12-16,23H,1,4-6,10-11,17,27H2,2H3,(H,28,33)(H2,29,30,31)/p+1/b19-13+,24-14+. The molecule has 1 atom stereocenters. The third-order valence-electron chi connectivity index (χ3n) is 5.85. The lowest BCUT2D eigenvalue weighted by atomic mass is 10.0. The van der Waals surface area contributed by atoms with Gasteiger partial charge in [-0.25, -0.2) is 0 Å². The van der Waals surface area contributed by atoms with Gasteiger partial charge in [0.05, 0.1) is 0 Å². The van der Waals surface area contributed by atoms with Crippen molar-refractivity contribution in [1.82, 2.24) is 15.1 Å². The fourth-order valence-electron chi connectivity index (χ4n) is 4.17. The number of nitrogens with two attached hydrogens (primary N) is 1. The summed E-state index contributed by atoms with van der Waals surface area (Å²) in [5.41, 5.74) is 11.8. The number of piperidine rings is 1. The quantitative estimate of drug-likeness (QED) is 0.232. The number of rotatable bonds is 9. The topological polar surface area (TPSA) is 104 Å². The predicted molar refractivity (Wildman–Crippen MR) is 133 cm³/mol. The minimum Gasteiger partial charge on any atom is -0.460 e. The number of aliphatic hydroxyl groups excluding tert-OH is 1. The Kier molecular flexibility index (Phi) is 7.10. The molecule has 172 valence electrons. The Morgan fingerprint density at radius 2 is 2.15 bits per heavy atom. The second-order valence-electron chi connectivity index (χ2n) is 8.70. The van der Waals surface area contributed by atoms with Crippen LogP contribution in [0.4, 0.5) is 11.5 Å². The number of hydrogen-bond donors (Lipinski definition) is 5. The van der Waals surface area contributed by atoms with Crippen molar-refractivity contribution in [3.8, 4) is 0 Å². The van der Waals surface area contributed by atoms with Crippen molar-refractivity contribution >= 4 is 17.4 Å². The molecule has 0 spiro atoms. The van der Waals surface area contributed by atoms with E-state index < -0.39 is 0 Å². The van der Waals surface area contributed by atoms with Gasteiger partial charge in [0.15, 0.2) is 5.82 Å². The van der Waals surface area contributed by atoms with Crippen molar-refractivity contribution in [2.45, 2.75) is 32.1 Å². The molecule has 7 nitrogen and oxygen atoms in total. The number of hydrogen-bond acceptors (Lipinski definition) is 4. The number of aromatic nitrogens is 2. The molecule has 1 aromatic heterocycles. The fourth-order valence-corrected chi connectivity index (χ4v) is 4.17. The highest BCUT2D eigenvalue weighted by Crippen LogP contribution is 2.41. The summed E-state index contributed by atoms with van der Waals surface area (Å²) >= 11 is 0. The summed E-state index contributed by atoms with van der Waals surface area (Å²) in [5, 5.41) is 20.0. The van der Waals surface area contributed by atoms with Crippen molar-refractivity contribution in [2.24, 2.45) is 5.73 Å². The maximum Gasteiger partial charge on any atom is 0.363 e. The van der Waals surface area contributed by atoms with Gasteiger partial charge < -0.3 is 16.2 Å². The molecule has 6 N–H and O–H groups in total. The molecule has 1 fully saturated rings. The summed E-state index contributed by atoms with van der Waals surface area (Å²) in [4.78, 5) is 5.44. The number of nitrogens with one attached hydrogen (secondary N) is 3. The van der Waals surface area contributed by atoms with Crippen LogP contribution >= 0.6 is 0 Å². The van der Waals surface area contributed by atoms with E-state index >= 15 is 0 Å². The molecule has 0 amide bonds. The molecular formula is C26H33N6O+. The van der Waals surface area contributed by atoms with Gasteiger partial charge in [0, 0.05) is 42.4 Å². The van der Waals surface area contributed by atoms with E-state index in [9.17, 15) is 5.11 Å². The van der Waals surface area contributed by atoms with Gasteiger partial charge in [-0.3, -0.25) is 10.00 Å². The third-order valence-corrected chi connectivity index (χ3v) is 5.85. The Bertz CT molecular complexity index is 1120. The molecule has 7 heteroatoms. The number of aliphatic hydroxyl groups is 1. The van der Waals surface area contributed by atoms with Crippen LogP contribution in [0.25, 0.3) is 0 Å². The molecule has 1 aromatic carbocycles. The van der Waals surface area contributed by atoms with Gasteiger partial charge in [-0.1, -0.05) is 37.3 Å². The smallest absolute Gasteiger partial charge is 0.363 e. The average molecular weight is 446 g/mol. The number of H-pyrrole nitrogens is 1. The van der Waals surface area contributed by atoms with Gasteiger partial charge in [0.2, 0.25) is 5.69 Å². The lowest BCUT2D eigenvalue weighted by Gasteiger charge is -2.27. The number of aryl methyl sites for hydroxylation is 1. The molecule has 2 heterocycles. The minimum atomic E-state index is 0.0417. The first-order chi connectivity index (χ1) is 16.0. The van der Waals surface area contributed by atoms with Crippen LogP contribution in [0.2, 0.25) is 0 Å². The Morgan fingerprint density at radius 1 is 1.33 bits per heavy atom. The van der Waals surface area contributed by atoms with Crippen LogP contribution in [-0.4, -0.2) is 45.7 Å². The molecule has 0 bridgehead atoms. The van der Waals surface area contributed by atoms with E-state index in [0.29, 0.717) is 11.6 Å². The monoisotopic (exact) mass is 445 g/mol. The van der Waals surface area contributed by atoms with E-state index in [4.69, 9.17) is 5.73 Å². The summed E-state index contributed by atoms with van der Waals surface area (Å²) < 4.78 is 0. The van der Waals surface area contributed by atoms with Crippen LogP contribution in [0.15, 0.2) is 78.2 Å². The number of likely N-dealkylation sites (tertiary alicyclic amines) is 1. The summed E-state index contributed by atoms with van der Waals surface area (Å²) in [5.74, 6) is 1.60. The SMILES string of the molecule is C=CC(O)=[NH+]c1cccc(C2C=C2/C=C(\C=C(/N)Nc2cc(C)[nH]n2)CN2CCCCC2)c1. The first-order valence-corrected chi connectivity index (χ1v) is 11.5. The van der Waals surface area contributed by atoms with E-state index in [1.54, 1.807) is 0 Å². The Balaban J connectivity index is 1.50. The van der Waals surface area contributed by atoms with Gasteiger partial charge >= 0.3 is 5.90 Å². The van der Waals surface area contributed by atoms with E-state index in [0.717, 1.165) is 31.0 Å². The Morgan fingerprint density at radius 3 is 2.88 bits per heavy atom. The molecule has 1 aliphatic heterocycles. The van der Waals surface area contributed by atoms with E-state index in [1.807, 2.05) is 31.2 Å². The lowest BCUT2D eigenvalue weighted by molar-refractivity contribution is -0.364. The molecule has 2 aromatic rings. The highest BCUT2D eigenvalue weighted by molar-refractivity contribution is 5.80. The van der Waals surface area contributed by atoms with Crippen LogP contribution < -0.4 is 16.0 Å². The van der Waals surface area contributed by atoms with Crippen molar-refractivity contribution in [3.63, 3.8) is 0 Å². The molecule has 33 heavy (non-hydrogen) atoms. The summed E-state index contributed by atoms with van der Waals surface area (Å²) in [7, 11) is 0. The molecule has 1 unspecified atom stereocenters. The van der Waals surface area contributed by atoms with Crippen molar-refractivity contribution < 1.29 is 10.1 Å². The van der Waals surface area contributed by atoms with E-state index in [-0.39, 0.29) is 11.8 Å². The van der Waals surface area contributed by atoms with Gasteiger partial charge in [0.25, 0.3) is 0 Å². The van der Waals surface area contributed by atoms with Gasteiger partial charge in [-0.05, 0) is 55.6 Å². The molecule has 0 saturated carbocycles. The Labute approximate surface area is 195 Å². The number of aromatic amines is 1. The molecule has 4 rings (SSSR count). The largest absolute Gasteiger partial charge is 0.460 e. The summed E-state index contributed by atoms with van der Waals surface area (Å²) in [6, 6.07) is 10.0. The first kappa shape index (κ1) is 22.6. The summed E-state index contributed by atoms with van der Waals surface area (Å²) in [6.45, 7) is 8.65. The second-order valence-corrected chi connectivity index (χ2v) is 8.70. The van der Waals surface area contributed by atoms with Crippen LogP contribution in [0, 0.1) is 6.92 Å². The van der Waals surface area contributed by atoms with Crippen LogP contribution in [0.5, 0.6) is 0 Å². The second kappa shape index (κ2) is 10.4. The van der Waals surface area contributed by atoms with E-state index in [1.165, 1.54) is 42.0 Å². The zero-order valence-corrected chi connectivity index (χ0v) is 19.1. The fraction of sp³-hybridized carbons (Fsp3) is 0.308. The maximum atomic E-state index is 9.70. The molecular weight excluding hydrogens is 412 g/mol. The number of benzene rings is 1. The number of anilines is 1. The van der Waals surface area contributed by atoms with Crippen molar-refractivity contribution in [3.05, 3.63) is 89.4 Å². The average Bonchev–Trinajstić information content (AvgIpc) is 3.45. The van der Waals surface area contributed by atoms with Crippen LogP contribution in [-0.2, 0) is 0 Å². The minimum absolute atomic E-state index is 0.0417. The Hall–Kier alpha value is -3.58. The normalized spacial score (nSPS) is 19.8. The van der Waals surface area contributed by atoms with Crippen LogP contribution in [0.1, 0.15) is 36.4 Å². The number of nitrogens with zero attached hydrogens (tertiary/aromatic N) is 2. The molecule has 0 radical (unpaired) electrons. The zero-order chi connectivity index (χ0) is 23.2. The van der Waals surface area contributed by atoms with E-state index in [2.05, 4.69) is 56.3 Å². The molecule has 1 saturated heterocycles. The van der Waals surface area contributed by atoms with Gasteiger partial charge in [-0.2, -0.15) is 10.1 Å². The lowest BCUT2D eigenvalue weighted by Crippen LogP contribution is -2.65. The van der Waals surface area contributed by atoms with Gasteiger partial charge in [-0.15, -0.1) is 0 Å². The summed E-state index contributed by atoms with van der Waals surface area (Å²) in [6.07, 6.45) is 11.7. The maximum absolute atomic E-state index is 9.70. The third kappa shape index (κ3) is 6.46. The number of allylic oxidation sites excluding steroid dienone is 3. The van der Waals surface area contributed by atoms with Gasteiger partial charge in [0.1, 0.15) is 5.82 Å².